The van der Waals surface area contributed by atoms with Gasteiger partial charge in [0.2, 0.25) is 0 Å². The SMILES string of the molecule is CC[C@@H]1CN(C(=O)c2ccc(=O)n(-c3ccccc3)n2)CCO1. The monoisotopic (exact) mass is 313 g/mol. The quantitative estimate of drug-likeness (QED) is 0.861. The van der Waals surface area contributed by atoms with Crippen LogP contribution in [0.5, 0.6) is 0 Å². The summed E-state index contributed by atoms with van der Waals surface area (Å²) in [6.45, 7) is 3.66. The van der Waals surface area contributed by atoms with E-state index in [2.05, 4.69) is 5.10 Å². The molecule has 2 heterocycles. The van der Waals surface area contributed by atoms with Crippen LogP contribution in [0.2, 0.25) is 0 Å². The standard InChI is InChI=1S/C17H19N3O3/c1-2-14-12-19(10-11-23-14)17(22)15-8-9-16(21)20(18-15)13-6-4-3-5-7-13/h3-9,14H,2,10-12H2,1H3/t14-/m1/s1. The Balaban J connectivity index is 1.89. The Hall–Kier alpha value is -2.47. The summed E-state index contributed by atoms with van der Waals surface area (Å²) in [5, 5.41) is 4.24. The molecule has 0 unspecified atom stereocenters. The van der Waals surface area contributed by atoms with E-state index in [0.717, 1.165) is 6.42 Å². The third-order valence-corrected chi connectivity index (χ3v) is 3.90. The number of nitrogens with zero attached hydrogens (tertiary/aromatic N) is 3. The number of aromatic nitrogens is 2. The largest absolute Gasteiger partial charge is 0.375 e. The maximum absolute atomic E-state index is 12.6. The number of benzene rings is 1. The molecule has 1 aromatic heterocycles. The van der Waals surface area contributed by atoms with Gasteiger partial charge in [0.25, 0.3) is 11.5 Å². The molecule has 23 heavy (non-hydrogen) atoms. The van der Waals surface area contributed by atoms with Crippen molar-refractivity contribution in [3.63, 3.8) is 0 Å². The average molecular weight is 313 g/mol. The summed E-state index contributed by atoms with van der Waals surface area (Å²) in [6.07, 6.45) is 0.925. The predicted molar refractivity (Wildman–Crippen MR) is 85.8 cm³/mol. The fraction of sp³-hybridized carbons (Fsp3) is 0.353. The second-order valence-corrected chi connectivity index (χ2v) is 5.46. The molecular formula is C17H19N3O3. The van der Waals surface area contributed by atoms with Gasteiger partial charge in [-0.15, -0.1) is 0 Å². The summed E-state index contributed by atoms with van der Waals surface area (Å²) in [7, 11) is 0. The molecule has 6 nitrogen and oxygen atoms in total. The molecule has 1 saturated heterocycles. The van der Waals surface area contributed by atoms with Crippen LogP contribution < -0.4 is 5.56 Å². The summed E-state index contributed by atoms with van der Waals surface area (Å²) in [5.41, 5.74) is 0.645. The highest BCUT2D eigenvalue weighted by molar-refractivity contribution is 5.92. The fourth-order valence-corrected chi connectivity index (χ4v) is 2.59. The van der Waals surface area contributed by atoms with Crippen molar-refractivity contribution in [2.45, 2.75) is 19.4 Å². The first-order valence-electron chi connectivity index (χ1n) is 7.75. The van der Waals surface area contributed by atoms with Crippen LogP contribution in [0.3, 0.4) is 0 Å². The third kappa shape index (κ3) is 3.32. The number of ether oxygens (including phenoxy) is 1. The molecule has 1 atom stereocenters. The molecule has 0 N–H and O–H groups in total. The van der Waals surface area contributed by atoms with Crippen LogP contribution in [0.25, 0.3) is 5.69 Å². The first-order valence-corrected chi connectivity index (χ1v) is 7.75. The highest BCUT2D eigenvalue weighted by Gasteiger charge is 2.25. The van der Waals surface area contributed by atoms with Crippen LogP contribution in [0.1, 0.15) is 23.8 Å². The summed E-state index contributed by atoms with van der Waals surface area (Å²) < 4.78 is 6.84. The van der Waals surface area contributed by atoms with E-state index in [-0.39, 0.29) is 23.3 Å². The molecule has 1 aliphatic rings. The molecule has 0 spiro atoms. The highest BCUT2D eigenvalue weighted by Crippen LogP contribution is 2.11. The first-order chi connectivity index (χ1) is 11.2. The van der Waals surface area contributed by atoms with Gasteiger partial charge in [0.1, 0.15) is 5.69 Å². The van der Waals surface area contributed by atoms with Crippen LogP contribution in [-0.4, -0.2) is 46.4 Å². The number of morpholine rings is 1. The van der Waals surface area contributed by atoms with E-state index in [4.69, 9.17) is 4.74 Å². The van der Waals surface area contributed by atoms with Gasteiger partial charge in [-0.25, -0.2) is 0 Å². The van der Waals surface area contributed by atoms with Crippen molar-refractivity contribution in [3.05, 3.63) is 58.5 Å². The lowest BCUT2D eigenvalue weighted by Gasteiger charge is -2.32. The number of hydrogen-bond acceptors (Lipinski definition) is 4. The molecule has 3 rings (SSSR count). The lowest BCUT2D eigenvalue weighted by molar-refractivity contribution is -0.0228. The molecule has 0 aliphatic carbocycles. The number of carbonyl (C=O) groups is 1. The smallest absolute Gasteiger partial charge is 0.274 e. The van der Waals surface area contributed by atoms with Gasteiger partial charge in [0.05, 0.1) is 18.4 Å². The van der Waals surface area contributed by atoms with E-state index < -0.39 is 0 Å². The maximum Gasteiger partial charge on any atom is 0.274 e. The number of amides is 1. The maximum atomic E-state index is 12.6. The summed E-state index contributed by atoms with van der Waals surface area (Å²) in [6, 6.07) is 11.9. The van der Waals surface area contributed by atoms with Crippen molar-refractivity contribution >= 4 is 5.91 Å². The third-order valence-electron chi connectivity index (χ3n) is 3.90. The molecule has 1 amide bonds. The van der Waals surface area contributed by atoms with E-state index in [1.807, 2.05) is 25.1 Å². The molecule has 0 bridgehead atoms. The lowest BCUT2D eigenvalue weighted by atomic mass is 10.2. The molecule has 0 radical (unpaired) electrons. The Morgan fingerprint density at radius 3 is 2.78 bits per heavy atom. The topological polar surface area (TPSA) is 64.4 Å². The highest BCUT2D eigenvalue weighted by atomic mass is 16.5. The van der Waals surface area contributed by atoms with Gasteiger partial charge in [0.15, 0.2) is 0 Å². The van der Waals surface area contributed by atoms with E-state index >= 15 is 0 Å². The summed E-state index contributed by atoms with van der Waals surface area (Å²) >= 11 is 0. The van der Waals surface area contributed by atoms with Gasteiger partial charge in [-0.3, -0.25) is 9.59 Å². The second-order valence-electron chi connectivity index (χ2n) is 5.46. The van der Waals surface area contributed by atoms with Crippen molar-refractivity contribution in [3.8, 4) is 5.69 Å². The van der Waals surface area contributed by atoms with Crippen LogP contribution in [-0.2, 0) is 4.74 Å². The Morgan fingerprint density at radius 2 is 2.04 bits per heavy atom. The zero-order valence-electron chi connectivity index (χ0n) is 13.0. The van der Waals surface area contributed by atoms with Gasteiger partial charge < -0.3 is 9.64 Å². The minimum absolute atomic E-state index is 0.0627. The summed E-state index contributed by atoms with van der Waals surface area (Å²) in [4.78, 5) is 26.4. The van der Waals surface area contributed by atoms with E-state index in [1.54, 1.807) is 17.0 Å². The number of para-hydroxylation sites is 1. The van der Waals surface area contributed by atoms with Gasteiger partial charge in [0, 0.05) is 19.2 Å². The van der Waals surface area contributed by atoms with E-state index in [9.17, 15) is 9.59 Å². The minimum atomic E-state index is -0.263. The number of hydrogen-bond donors (Lipinski definition) is 0. The Kier molecular flexibility index (Phi) is 4.52. The van der Waals surface area contributed by atoms with E-state index in [1.165, 1.54) is 16.8 Å². The zero-order valence-corrected chi connectivity index (χ0v) is 13.0. The molecule has 1 aliphatic heterocycles. The second kappa shape index (κ2) is 6.75. The van der Waals surface area contributed by atoms with Crippen molar-refractivity contribution in [1.82, 2.24) is 14.7 Å². The molecule has 6 heteroatoms. The summed E-state index contributed by atoms with van der Waals surface area (Å²) in [5.74, 6) is -0.170. The normalized spacial score (nSPS) is 18.0. The van der Waals surface area contributed by atoms with Crippen molar-refractivity contribution in [2.75, 3.05) is 19.7 Å². The average Bonchev–Trinajstić information content (AvgIpc) is 2.62. The van der Waals surface area contributed by atoms with Gasteiger partial charge >= 0.3 is 0 Å². The number of rotatable bonds is 3. The Labute approximate surface area is 134 Å². The van der Waals surface area contributed by atoms with Crippen molar-refractivity contribution in [1.29, 1.82) is 0 Å². The van der Waals surface area contributed by atoms with Gasteiger partial charge in [-0.1, -0.05) is 25.1 Å². The van der Waals surface area contributed by atoms with Crippen LogP contribution in [0, 0.1) is 0 Å². The molecule has 2 aromatic rings. The molecule has 0 saturated carbocycles. The predicted octanol–water partition coefficient (Wildman–Crippen LogP) is 1.48. The lowest BCUT2D eigenvalue weighted by Crippen LogP contribution is -2.46. The number of carbonyl (C=O) groups excluding carboxylic acids is 1. The van der Waals surface area contributed by atoms with E-state index in [0.29, 0.717) is 25.4 Å². The Bertz CT molecular complexity index is 742. The minimum Gasteiger partial charge on any atom is -0.375 e. The molecule has 1 aromatic carbocycles. The van der Waals surface area contributed by atoms with Crippen LogP contribution in [0.4, 0.5) is 0 Å². The van der Waals surface area contributed by atoms with Crippen LogP contribution in [0.15, 0.2) is 47.3 Å². The molecule has 120 valence electrons. The van der Waals surface area contributed by atoms with Crippen molar-refractivity contribution < 1.29 is 9.53 Å². The molecule has 1 fully saturated rings. The first kappa shape index (κ1) is 15.4. The molecular weight excluding hydrogens is 294 g/mol. The van der Waals surface area contributed by atoms with Crippen LogP contribution >= 0.6 is 0 Å². The van der Waals surface area contributed by atoms with Crippen molar-refractivity contribution in [2.24, 2.45) is 0 Å². The fourth-order valence-electron chi connectivity index (χ4n) is 2.59. The Morgan fingerprint density at radius 1 is 1.26 bits per heavy atom. The van der Waals surface area contributed by atoms with Gasteiger partial charge in [-0.2, -0.15) is 9.78 Å². The van der Waals surface area contributed by atoms with Gasteiger partial charge in [-0.05, 0) is 24.6 Å². The zero-order chi connectivity index (χ0) is 16.2.